The minimum Gasteiger partial charge on any atom is -0.309 e. The van der Waals surface area contributed by atoms with Crippen molar-refractivity contribution in [2.24, 2.45) is 0 Å². The Hall–Kier alpha value is -1.81. The molecule has 4 heteroatoms. The van der Waals surface area contributed by atoms with Gasteiger partial charge in [-0.3, -0.25) is 4.98 Å². The maximum atomic E-state index is 4.48. The smallest absolute Gasteiger partial charge is 0.178 e. The first-order valence-electron chi connectivity index (χ1n) is 5.72. The van der Waals surface area contributed by atoms with Gasteiger partial charge in [0.05, 0.1) is 5.69 Å². The van der Waals surface area contributed by atoms with E-state index in [0.717, 1.165) is 17.9 Å². The molecule has 2 heterocycles. The van der Waals surface area contributed by atoms with E-state index in [1.165, 1.54) is 0 Å². The Balaban J connectivity index is 2.17. The minimum atomic E-state index is 0.447. The molecule has 0 fully saturated rings. The highest BCUT2D eigenvalue weighted by Crippen LogP contribution is 2.10. The molecule has 1 N–H and O–H groups in total. The highest BCUT2D eigenvalue weighted by molar-refractivity contribution is 5.47. The molecule has 4 nitrogen and oxygen atoms in total. The van der Waals surface area contributed by atoms with Crippen molar-refractivity contribution < 1.29 is 0 Å². The van der Waals surface area contributed by atoms with Gasteiger partial charge in [-0.05, 0) is 18.2 Å². The Morgan fingerprint density at radius 1 is 1.12 bits per heavy atom. The van der Waals surface area contributed by atoms with Crippen LogP contribution >= 0.6 is 0 Å². The van der Waals surface area contributed by atoms with Crippen LogP contribution in [0.2, 0.25) is 0 Å². The van der Waals surface area contributed by atoms with Crippen LogP contribution in [-0.2, 0) is 6.54 Å². The summed E-state index contributed by atoms with van der Waals surface area (Å²) in [6.07, 6.45) is 3.52. The molecule has 0 radical (unpaired) electrons. The summed E-state index contributed by atoms with van der Waals surface area (Å²) in [6, 6.07) is 8.10. The lowest BCUT2D eigenvalue weighted by atomic mass is 10.3. The second-order valence-corrected chi connectivity index (χ2v) is 4.12. The van der Waals surface area contributed by atoms with E-state index >= 15 is 0 Å². The fraction of sp³-hybridized carbons (Fsp3) is 0.308. The van der Waals surface area contributed by atoms with Gasteiger partial charge in [-0.1, -0.05) is 19.9 Å². The van der Waals surface area contributed by atoms with Crippen LogP contribution in [0.3, 0.4) is 0 Å². The van der Waals surface area contributed by atoms with Gasteiger partial charge in [0.25, 0.3) is 0 Å². The quantitative estimate of drug-likeness (QED) is 0.870. The molecule has 0 aliphatic carbocycles. The van der Waals surface area contributed by atoms with E-state index < -0.39 is 0 Å². The minimum absolute atomic E-state index is 0.447. The molecule has 0 saturated heterocycles. The lowest BCUT2D eigenvalue weighted by Crippen LogP contribution is -2.22. The highest BCUT2D eigenvalue weighted by Gasteiger charge is 2.03. The van der Waals surface area contributed by atoms with Crippen molar-refractivity contribution >= 4 is 0 Å². The van der Waals surface area contributed by atoms with Crippen molar-refractivity contribution in [1.82, 2.24) is 20.3 Å². The summed E-state index contributed by atoms with van der Waals surface area (Å²) >= 11 is 0. The summed E-state index contributed by atoms with van der Waals surface area (Å²) < 4.78 is 0. The molecule has 0 aliphatic rings. The number of pyridine rings is 1. The molecule has 0 aromatic carbocycles. The van der Waals surface area contributed by atoms with Crippen molar-refractivity contribution in [3.05, 3.63) is 42.4 Å². The first-order chi connectivity index (χ1) is 8.25. The van der Waals surface area contributed by atoms with E-state index in [0.29, 0.717) is 11.9 Å². The number of aromatic nitrogens is 3. The van der Waals surface area contributed by atoms with Gasteiger partial charge >= 0.3 is 0 Å². The normalized spacial score (nSPS) is 10.8. The monoisotopic (exact) mass is 228 g/mol. The first kappa shape index (κ1) is 11.7. The van der Waals surface area contributed by atoms with Gasteiger partial charge < -0.3 is 5.32 Å². The number of nitrogens with zero attached hydrogens (tertiary/aromatic N) is 3. The fourth-order valence-electron chi connectivity index (χ4n) is 1.42. The lowest BCUT2D eigenvalue weighted by molar-refractivity contribution is 0.581. The van der Waals surface area contributed by atoms with Crippen LogP contribution in [0.15, 0.2) is 36.7 Å². The second-order valence-electron chi connectivity index (χ2n) is 4.12. The molecule has 0 bridgehead atoms. The van der Waals surface area contributed by atoms with E-state index in [4.69, 9.17) is 0 Å². The summed E-state index contributed by atoms with van der Waals surface area (Å²) in [5.41, 5.74) is 1.79. The highest BCUT2D eigenvalue weighted by atomic mass is 15.0. The number of hydrogen-bond donors (Lipinski definition) is 1. The van der Waals surface area contributed by atoms with E-state index in [-0.39, 0.29) is 0 Å². The van der Waals surface area contributed by atoms with Crippen LogP contribution in [0.4, 0.5) is 0 Å². The van der Waals surface area contributed by atoms with Crippen molar-refractivity contribution in [3.63, 3.8) is 0 Å². The zero-order valence-electron chi connectivity index (χ0n) is 10.1. The molecule has 0 amide bonds. The van der Waals surface area contributed by atoms with E-state index in [9.17, 15) is 0 Å². The molecule has 0 atom stereocenters. The van der Waals surface area contributed by atoms with E-state index in [1.54, 1.807) is 12.4 Å². The van der Waals surface area contributed by atoms with Crippen molar-refractivity contribution in [2.45, 2.75) is 26.4 Å². The van der Waals surface area contributed by atoms with Gasteiger partial charge in [0.2, 0.25) is 0 Å². The molecular weight excluding hydrogens is 212 g/mol. The Labute approximate surface area is 101 Å². The summed E-state index contributed by atoms with van der Waals surface area (Å²) in [5, 5.41) is 3.33. The third-order valence-electron chi connectivity index (χ3n) is 2.30. The zero-order valence-corrected chi connectivity index (χ0v) is 10.1. The van der Waals surface area contributed by atoms with E-state index in [1.807, 2.05) is 24.3 Å². The van der Waals surface area contributed by atoms with Crippen LogP contribution < -0.4 is 5.32 Å². The van der Waals surface area contributed by atoms with Gasteiger partial charge in [-0.25, -0.2) is 9.97 Å². The zero-order chi connectivity index (χ0) is 12.1. The molecule has 0 saturated carbocycles. The average molecular weight is 228 g/mol. The average Bonchev–Trinajstić information content (AvgIpc) is 2.38. The Kier molecular flexibility index (Phi) is 3.77. The third-order valence-corrected chi connectivity index (χ3v) is 2.30. The van der Waals surface area contributed by atoms with Gasteiger partial charge in [0.15, 0.2) is 5.82 Å². The molecule has 2 aromatic heterocycles. The topological polar surface area (TPSA) is 50.7 Å². The Morgan fingerprint density at radius 3 is 2.71 bits per heavy atom. The maximum Gasteiger partial charge on any atom is 0.178 e. The molecule has 0 spiro atoms. The van der Waals surface area contributed by atoms with E-state index in [2.05, 4.69) is 34.1 Å². The predicted octanol–water partition coefficient (Wildman–Crippen LogP) is 2.04. The van der Waals surface area contributed by atoms with Gasteiger partial charge in [-0.2, -0.15) is 0 Å². The van der Waals surface area contributed by atoms with Crippen LogP contribution in [0, 0.1) is 0 Å². The van der Waals surface area contributed by atoms with Gasteiger partial charge in [0, 0.05) is 25.0 Å². The molecule has 0 aliphatic heterocycles. The molecule has 2 aromatic rings. The third kappa shape index (κ3) is 3.32. The van der Waals surface area contributed by atoms with Crippen LogP contribution in [0.5, 0.6) is 0 Å². The first-order valence-corrected chi connectivity index (χ1v) is 5.72. The van der Waals surface area contributed by atoms with Crippen molar-refractivity contribution in [3.8, 4) is 11.5 Å². The van der Waals surface area contributed by atoms with Crippen LogP contribution in [-0.4, -0.2) is 21.0 Å². The SMILES string of the molecule is CC(C)NCc1ccnc(-c2ccccn2)n1. The van der Waals surface area contributed by atoms with Gasteiger partial charge in [-0.15, -0.1) is 0 Å². The molecule has 0 unspecified atom stereocenters. The second kappa shape index (κ2) is 5.50. The number of rotatable bonds is 4. The number of hydrogen-bond acceptors (Lipinski definition) is 4. The largest absolute Gasteiger partial charge is 0.309 e. The van der Waals surface area contributed by atoms with Crippen LogP contribution in [0.25, 0.3) is 11.5 Å². The molecule has 2 rings (SSSR count). The number of nitrogens with one attached hydrogen (secondary N) is 1. The summed E-state index contributed by atoms with van der Waals surface area (Å²) in [4.78, 5) is 13.0. The molecular formula is C13H16N4. The summed E-state index contributed by atoms with van der Waals surface area (Å²) in [7, 11) is 0. The van der Waals surface area contributed by atoms with Crippen molar-refractivity contribution in [1.29, 1.82) is 0 Å². The van der Waals surface area contributed by atoms with Crippen molar-refractivity contribution in [2.75, 3.05) is 0 Å². The van der Waals surface area contributed by atoms with Crippen LogP contribution in [0.1, 0.15) is 19.5 Å². The Morgan fingerprint density at radius 2 is 2.00 bits per heavy atom. The lowest BCUT2D eigenvalue weighted by Gasteiger charge is -2.07. The maximum absolute atomic E-state index is 4.48. The predicted molar refractivity (Wildman–Crippen MR) is 67.2 cm³/mol. The Bertz CT molecular complexity index is 468. The summed E-state index contributed by atoms with van der Waals surface area (Å²) in [6.45, 7) is 4.97. The van der Waals surface area contributed by atoms with Gasteiger partial charge in [0.1, 0.15) is 5.69 Å². The molecule has 17 heavy (non-hydrogen) atoms. The fourth-order valence-corrected chi connectivity index (χ4v) is 1.42. The molecule has 88 valence electrons. The summed E-state index contributed by atoms with van der Waals surface area (Å²) in [5.74, 6) is 0.675. The standard InChI is InChI=1S/C13H16N4/c1-10(2)16-9-11-6-8-15-13(17-11)12-5-3-4-7-14-12/h3-8,10,16H,9H2,1-2H3.